The number of hydrogen-bond donors (Lipinski definition) is 1. The van der Waals surface area contributed by atoms with E-state index < -0.39 is 29.6 Å². The molecular formula is C31H26ClF4N3O3. The second kappa shape index (κ2) is 12.3. The largest absolute Gasteiger partial charge is 0.459 e. The van der Waals surface area contributed by atoms with Crippen LogP contribution in [0.3, 0.4) is 0 Å². The maximum absolute atomic E-state index is 13.8. The van der Waals surface area contributed by atoms with Crippen LogP contribution in [0.25, 0.3) is 0 Å². The van der Waals surface area contributed by atoms with Crippen LogP contribution in [-0.4, -0.2) is 37.5 Å². The Bertz CT molecular complexity index is 1560. The number of carbonyl (C=O) groups excluding carboxylic acids is 2. The van der Waals surface area contributed by atoms with Crippen molar-refractivity contribution in [3.8, 4) is 0 Å². The fourth-order valence-corrected chi connectivity index (χ4v) is 5.16. The van der Waals surface area contributed by atoms with E-state index in [1.165, 1.54) is 42.7 Å². The van der Waals surface area contributed by atoms with E-state index in [2.05, 4.69) is 5.32 Å². The first kappa shape index (κ1) is 29.2. The third-order valence-corrected chi connectivity index (χ3v) is 7.33. The first-order chi connectivity index (χ1) is 20.1. The van der Waals surface area contributed by atoms with Gasteiger partial charge in [0.25, 0.3) is 5.91 Å². The maximum atomic E-state index is 13.8. The number of furan rings is 1. The number of anilines is 2. The lowest BCUT2D eigenvalue weighted by molar-refractivity contribution is -0.137. The fourth-order valence-electron chi connectivity index (χ4n) is 5.04. The average molecular weight is 600 g/mol. The smallest absolute Gasteiger partial charge is 0.416 e. The highest BCUT2D eigenvalue weighted by atomic mass is 35.5. The van der Waals surface area contributed by atoms with Crippen molar-refractivity contribution < 1.29 is 31.6 Å². The lowest BCUT2D eigenvalue weighted by atomic mass is 10.0. The van der Waals surface area contributed by atoms with Crippen molar-refractivity contribution in [2.24, 2.45) is 0 Å². The van der Waals surface area contributed by atoms with Gasteiger partial charge in [-0.15, -0.1) is 0 Å². The third-order valence-electron chi connectivity index (χ3n) is 7.07. The molecule has 0 bridgehead atoms. The fraction of sp³-hybridized carbons (Fsp3) is 0.226. The van der Waals surface area contributed by atoms with Crippen LogP contribution >= 0.6 is 11.6 Å². The summed E-state index contributed by atoms with van der Waals surface area (Å²) in [5, 5.41) is 3.32. The number of alkyl halides is 3. The molecule has 4 aromatic rings. The number of carbonyl (C=O) groups is 2. The van der Waals surface area contributed by atoms with Gasteiger partial charge in [0.2, 0.25) is 5.91 Å². The molecule has 0 aliphatic carbocycles. The molecule has 0 radical (unpaired) electrons. The Balaban J connectivity index is 1.45. The van der Waals surface area contributed by atoms with Crippen molar-refractivity contribution in [1.29, 1.82) is 0 Å². The van der Waals surface area contributed by atoms with Crippen LogP contribution in [0.1, 0.15) is 27.2 Å². The van der Waals surface area contributed by atoms with Crippen LogP contribution in [0.2, 0.25) is 5.02 Å². The lowest BCUT2D eigenvalue weighted by Gasteiger charge is -2.31. The number of nitrogens with zero attached hydrogens (tertiary/aromatic N) is 2. The van der Waals surface area contributed by atoms with Gasteiger partial charge in [-0.2, -0.15) is 13.2 Å². The van der Waals surface area contributed by atoms with E-state index >= 15 is 0 Å². The molecule has 1 aliphatic heterocycles. The molecular weight excluding hydrogens is 574 g/mol. The van der Waals surface area contributed by atoms with Crippen LogP contribution < -0.4 is 15.1 Å². The van der Waals surface area contributed by atoms with Crippen LogP contribution in [-0.2, 0) is 23.8 Å². The van der Waals surface area contributed by atoms with Gasteiger partial charge in [-0.05, 0) is 78.2 Å². The highest BCUT2D eigenvalue weighted by Gasteiger charge is 2.36. The van der Waals surface area contributed by atoms with Gasteiger partial charge < -0.3 is 14.6 Å². The second-order valence-corrected chi connectivity index (χ2v) is 10.3. The zero-order valence-electron chi connectivity index (χ0n) is 22.2. The third kappa shape index (κ3) is 6.60. The maximum Gasteiger partial charge on any atom is 0.416 e. The topological polar surface area (TPSA) is 65.8 Å². The van der Waals surface area contributed by atoms with Gasteiger partial charge >= 0.3 is 6.18 Å². The van der Waals surface area contributed by atoms with Crippen molar-refractivity contribution in [3.05, 3.63) is 118 Å². The molecule has 2 amide bonds. The summed E-state index contributed by atoms with van der Waals surface area (Å²) < 4.78 is 59.9. The highest BCUT2D eigenvalue weighted by Crippen LogP contribution is 2.33. The Morgan fingerprint density at radius 1 is 1.02 bits per heavy atom. The van der Waals surface area contributed by atoms with Crippen LogP contribution in [0.5, 0.6) is 0 Å². The van der Waals surface area contributed by atoms with Gasteiger partial charge in [0.1, 0.15) is 11.9 Å². The normalized spacial score (nSPS) is 13.5. The number of benzene rings is 3. The minimum Gasteiger partial charge on any atom is -0.459 e. The molecule has 3 aromatic carbocycles. The first-order valence-corrected chi connectivity index (χ1v) is 13.6. The van der Waals surface area contributed by atoms with Crippen LogP contribution in [0, 0.1) is 5.82 Å². The molecule has 2 heterocycles. The summed E-state index contributed by atoms with van der Waals surface area (Å²) in [5.41, 5.74) is 1.31. The Kier molecular flexibility index (Phi) is 8.54. The zero-order chi connectivity index (χ0) is 29.9. The van der Waals surface area contributed by atoms with Gasteiger partial charge in [0.15, 0.2) is 5.76 Å². The van der Waals surface area contributed by atoms with Gasteiger partial charge in [-0.25, -0.2) is 4.39 Å². The SMILES string of the molecule is O=C(NCCN1CCc2cc(F)ccc21)[C@H](Cc1ccc(Cl)cc1)N(C(=O)c1ccco1)c1cccc(C(F)(F)F)c1. The molecule has 0 saturated carbocycles. The van der Waals surface area contributed by atoms with Crippen molar-refractivity contribution in [1.82, 2.24) is 5.32 Å². The molecule has 0 saturated heterocycles. The number of hydrogen-bond acceptors (Lipinski definition) is 4. The van der Waals surface area contributed by atoms with Crippen LogP contribution in [0.15, 0.2) is 89.5 Å². The molecule has 5 rings (SSSR count). The molecule has 0 spiro atoms. The summed E-state index contributed by atoms with van der Waals surface area (Å²) in [5.74, 6) is -1.79. The zero-order valence-corrected chi connectivity index (χ0v) is 23.0. The lowest BCUT2D eigenvalue weighted by Crippen LogP contribution is -2.52. The Labute approximate surface area is 244 Å². The van der Waals surface area contributed by atoms with E-state index in [1.54, 1.807) is 30.3 Å². The van der Waals surface area contributed by atoms with Crippen LogP contribution in [0.4, 0.5) is 28.9 Å². The summed E-state index contributed by atoms with van der Waals surface area (Å²) >= 11 is 6.03. The molecule has 0 fully saturated rings. The summed E-state index contributed by atoms with van der Waals surface area (Å²) in [7, 11) is 0. The molecule has 1 N–H and O–H groups in total. The Hall–Kier alpha value is -4.31. The van der Waals surface area contributed by atoms with Gasteiger partial charge in [0, 0.05) is 42.5 Å². The monoisotopic (exact) mass is 599 g/mol. The number of fused-ring (bicyclic) bond motifs is 1. The molecule has 1 atom stereocenters. The molecule has 42 heavy (non-hydrogen) atoms. The molecule has 218 valence electrons. The van der Waals surface area contributed by atoms with Crippen molar-refractivity contribution in [2.75, 3.05) is 29.4 Å². The first-order valence-electron chi connectivity index (χ1n) is 13.2. The second-order valence-electron chi connectivity index (χ2n) is 9.85. The molecule has 1 aliphatic rings. The van der Waals surface area contributed by atoms with Gasteiger partial charge in [-0.1, -0.05) is 29.8 Å². The van der Waals surface area contributed by atoms with E-state index in [4.69, 9.17) is 16.0 Å². The summed E-state index contributed by atoms with van der Waals surface area (Å²) in [4.78, 5) is 30.6. The minimum atomic E-state index is -4.67. The van der Waals surface area contributed by atoms with Gasteiger partial charge in [0.05, 0.1) is 11.8 Å². The van der Waals surface area contributed by atoms with E-state index in [9.17, 15) is 27.2 Å². The summed E-state index contributed by atoms with van der Waals surface area (Å²) in [6.07, 6.45) is -2.75. The molecule has 1 aromatic heterocycles. The van der Waals surface area contributed by atoms with E-state index in [1.807, 2.05) is 4.90 Å². The average Bonchev–Trinajstić information content (AvgIpc) is 3.64. The van der Waals surface area contributed by atoms with E-state index in [-0.39, 0.29) is 30.2 Å². The standard InChI is InChI=1S/C31H26ClF4N3O3/c32-23-8-6-20(7-9-23)17-27(29(40)37-13-15-38-14-12-21-18-24(33)10-11-26(21)38)39(30(41)28-5-2-16-42-28)25-4-1-3-22(19-25)31(34,35)36/h1-11,16,18-19,27H,12-15,17H2,(H,37,40)/t27-/m0/s1. The Morgan fingerprint density at radius 3 is 2.52 bits per heavy atom. The molecule has 6 nitrogen and oxygen atoms in total. The molecule has 11 heteroatoms. The predicted molar refractivity (Wildman–Crippen MR) is 151 cm³/mol. The van der Waals surface area contributed by atoms with Crippen molar-refractivity contribution >= 4 is 34.8 Å². The number of nitrogens with one attached hydrogen (secondary N) is 1. The molecule has 0 unspecified atom stereocenters. The van der Waals surface area contributed by atoms with E-state index in [0.29, 0.717) is 30.1 Å². The minimum absolute atomic E-state index is 0.0163. The predicted octanol–water partition coefficient (Wildman–Crippen LogP) is 6.53. The van der Waals surface area contributed by atoms with Gasteiger partial charge in [-0.3, -0.25) is 14.5 Å². The number of amides is 2. The van der Waals surface area contributed by atoms with E-state index in [0.717, 1.165) is 28.3 Å². The quantitative estimate of drug-likeness (QED) is 0.222. The summed E-state index contributed by atoms with van der Waals surface area (Å²) in [6, 6.07) is 17.1. The number of rotatable bonds is 9. The Morgan fingerprint density at radius 2 is 1.81 bits per heavy atom. The summed E-state index contributed by atoms with van der Waals surface area (Å²) in [6.45, 7) is 1.24. The number of halogens is 5. The highest BCUT2D eigenvalue weighted by molar-refractivity contribution is 6.30. The van der Waals surface area contributed by atoms with Crippen molar-refractivity contribution in [3.63, 3.8) is 0 Å². The van der Waals surface area contributed by atoms with Crippen molar-refractivity contribution in [2.45, 2.75) is 25.1 Å².